The molecule has 0 aliphatic rings. The molecule has 0 saturated carbocycles. The molecule has 0 N–H and O–H groups in total. The van der Waals surface area contributed by atoms with Crippen LogP contribution in [0, 0.1) is 11.8 Å². The van der Waals surface area contributed by atoms with Crippen molar-refractivity contribution < 1.29 is 9.53 Å². The summed E-state index contributed by atoms with van der Waals surface area (Å²) in [6, 6.07) is 0. The summed E-state index contributed by atoms with van der Waals surface area (Å²) in [7, 11) is 0. The minimum Gasteiger partial charge on any atom is -0.456 e. The SMILES string of the molecule is CCOC(=O)C#Cc1cn(CC)cn1. The third-order valence-electron chi connectivity index (χ3n) is 1.57. The molecular weight excluding hydrogens is 180 g/mol. The Hall–Kier alpha value is -1.76. The molecular formula is C10H12N2O2. The molecule has 1 rings (SSSR count). The van der Waals surface area contributed by atoms with Crippen molar-refractivity contribution in [3.63, 3.8) is 0 Å². The average Bonchev–Trinajstić information content (AvgIpc) is 2.63. The largest absolute Gasteiger partial charge is 0.456 e. The fraction of sp³-hybridized carbons (Fsp3) is 0.400. The van der Waals surface area contributed by atoms with Crippen LogP contribution < -0.4 is 0 Å². The van der Waals surface area contributed by atoms with E-state index in [-0.39, 0.29) is 0 Å². The Labute approximate surface area is 82.9 Å². The highest BCUT2D eigenvalue weighted by molar-refractivity contribution is 5.88. The quantitative estimate of drug-likeness (QED) is 0.514. The summed E-state index contributed by atoms with van der Waals surface area (Å²) >= 11 is 0. The van der Waals surface area contributed by atoms with E-state index in [9.17, 15) is 4.79 Å². The number of nitrogens with zero attached hydrogens (tertiary/aromatic N) is 2. The predicted octanol–water partition coefficient (Wildman–Crippen LogP) is 0.818. The van der Waals surface area contributed by atoms with Crippen LogP contribution in [0.15, 0.2) is 12.5 Å². The van der Waals surface area contributed by atoms with Crippen molar-refractivity contribution in [2.24, 2.45) is 0 Å². The van der Waals surface area contributed by atoms with Crippen LogP contribution in [0.1, 0.15) is 19.5 Å². The fourth-order valence-electron chi connectivity index (χ4n) is 0.880. The number of imidazole rings is 1. The molecule has 1 heterocycles. The zero-order valence-corrected chi connectivity index (χ0v) is 8.28. The molecule has 0 atom stereocenters. The highest BCUT2D eigenvalue weighted by atomic mass is 16.5. The molecule has 1 aromatic heterocycles. The van der Waals surface area contributed by atoms with E-state index in [0.29, 0.717) is 12.3 Å². The minimum atomic E-state index is -0.515. The van der Waals surface area contributed by atoms with Gasteiger partial charge >= 0.3 is 5.97 Å². The zero-order valence-electron chi connectivity index (χ0n) is 8.28. The summed E-state index contributed by atoms with van der Waals surface area (Å²) in [6.45, 7) is 4.93. The maximum atomic E-state index is 10.9. The van der Waals surface area contributed by atoms with Crippen LogP contribution in [-0.4, -0.2) is 22.1 Å². The van der Waals surface area contributed by atoms with Crippen LogP contribution in [0.2, 0.25) is 0 Å². The van der Waals surface area contributed by atoms with E-state index >= 15 is 0 Å². The zero-order chi connectivity index (χ0) is 10.4. The molecule has 0 unspecified atom stereocenters. The van der Waals surface area contributed by atoms with Gasteiger partial charge in [0.1, 0.15) is 5.69 Å². The second-order valence-electron chi connectivity index (χ2n) is 2.56. The topological polar surface area (TPSA) is 44.1 Å². The maximum Gasteiger partial charge on any atom is 0.384 e. The Bertz CT molecular complexity index is 371. The molecule has 0 spiro atoms. The third-order valence-corrected chi connectivity index (χ3v) is 1.57. The van der Waals surface area contributed by atoms with E-state index in [1.54, 1.807) is 19.4 Å². The van der Waals surface area contributed by atoms with Gasteiger partial charge in [-0.3, -0.25) is 0 Å². The number of esters is 1. The molecule has 4 nitrogen and oxygen atoms in total. The van der Waals surface area contributed by atoms with Gasteiger partial charge in [-0.05, 0) is 19.8 Å². The number of carbonyl (C=O) groups is 1. The Morgan fingerprint density at radius 2 is 2.43 bits per heavy atom. The molecule has 0 fully saturated rings. The van der Waals surface area contributed by atoms with Crippen LogP contribution in [0.3, 0.4) is 0 Å². The van der Waals surface area contributed by atoms with Crippen LogP contribution >= 0.6 is 0 Å². The summed E-state index contributed by atoms with van der Waals surface area (Å²) in [4.78, 5) is 14.9. The van der Waals surface area contributed by atoms with E-state index in [0.717, 1.165) is 6.54 Å². The van der Waals surface area contributed by atoms with E-state index in [1.165, 1.54) is 0 Å². The Morgan fingerprint density at radius 1 is 1.64 bits per heavy atom. The lowest BCUT2D eigenvalue weighted by molar-refractivity contribution is -0.136. The second-order valence-corrected chi connectivity index (χ2v) is 2.56. The summed E-state index contributed by atoms with van der Waals surface area (Å²) in [5.41, 5.74) is 0.583. The molecule has 0 saturated heterocycles. The van der Waals surface area contributed by atoms with Gasteiger partial charge in [-0.2, -0.15) is 0 Å². The summed E-state index contributed by atoms with van der Waals surface area (Å²) < 4.78 is 6.53. The smallest absolute Gasteiger partial charge is 0.384 e. The van der Waals surface area contributed by atoms with Crippen molar-refractivity contribution in [2.75, 3.05) is 6.61 Å². The van der Waals surface area contributed by atoms with E-state index < -0.39 is 5.97 Å². The van der Waals surface area contributed by atoms with Gasteiger partial charge in [0.05, 0.1) is 12.9 Å². The molecule has 0 aliphatic heterocycles. The van der Waals surface area contributed by atoms with Crippen molar-refractivity contribution in [3.05, 3.63) is 18.2 Å². The Morgan fingerprint density at radius 3 is 3.00 bits per heavy atom. The Balaban J connectivity index is 2.62. The van der Waals surface area contributed by atoms with Gasteiger partial charge in [-0.15, -0.1) is 0 Å². The summed E-state index contributed by atoms with van der Waals surface area (Å²) in [5, 5.41) is 0. The van der Waals surface area contributed by atoms with Crippen LogP contribution in [0.4, 0.5) is 0 Å². The third kappa shape index (κ3) is 2.94. The number of ether oxygens (including phenoxy) is 1. The predicted molar refractivity (Wildman–Crippen MR) is 51.4 cm³/mol. The monoisotopic (exact) mass is 192 g/mol. The molecule has 4 heteroatoms. The number of rotatable bonds is 2. The molecule has 74 valence electrons. The second kappa shape index (κ2) is 5.07. The van der Waals surface area contributed by atoms with Gasteiger partial charge in [0, 0.05) is 18.7 Å². The first-order valence-corrected chi connectivity index (χ1v) is 4.46. The van der Waals surface area contributed by atoms with Gasteiger partial charge < -0.3 is 9.30 Å². The maximum absolute atomic E-state index is 10.9. The van der Waals surface area contributed by atoms with Crippen LogP contribution in [0.25, 0.3) is 0 Å². The van der Waals surface area contributed by atoms with Crippen LogP contribution in [0.5, 0.6) is 0 Å². The molecule has 1 aromatic rings. The summed E-state index contributed by atoms with van der Waals surface area (Å²) in [5.74, 6) is 4.46. The normalized spacial score (nSPS) is 9.00. The standard InChI is InChI=1S/C10H12N2O2/c1-3-12-7-9(11-8-12)5-6-10(13)14-4-2/h7-8H,3-4H2,1-2H3. The van der Waals surface area contributed by atoms with Gasteiger partial charge in [0.15, 0.2) is 0 Å². The fourth-order valence-corrected chi connectivity index (χ4v) is 0.880. The van der Waals surface area contributed by atoms with E-state index in [2.05, 4.69) is 21.6 Å². The first-order valence-electron chi connectivity index (χ1n) is 4.46. The van der Waals surface area contributed by atoms with Crippen LogP contribution in [-0.2, 0) is 16.1 Å². The first kappa shape index (κ1) is 10.3. The van der Waals surface area contributed by atoms with Gasteiger partial charge in [0.25, 0.3) is 0 Å². The first-order chi connectivity index (χ1) is 6.76. The highest BCUT2D eigenvalue weighted by Gasteiger charge is 1.95. The lowest BCUT2D eigenvalue weighted by Crippen LogP contribution is -1.99. The number of carbonyl (C=O) groups excluding carboxylic acids is 1. The highest BCUT2D eigenvalue weighted by Crippen LogP contribution is 1.93. The molecule has 0 bridgehead atoms. The molecule has 14 heavy (non-hydrogen) atoms. The minimum absolute atomic E-state index is 0.344. The Kier molecular flexibility index (Phi) is 3.74. The van der Waals surface area contributed by atoms with Gasteiger partial charge in [-0.1, -0.05) is 0 Å². The van der Waals surface area contributed by atoms with Crippen molar-refractivity contribution >= 4 is 5.97 Å². The summed E-state index contributed by atoms with van der Waals surface area (Å²) in [6.07, 6.45) is 3.46. The van der Waals surface area contributed by atoms with Crippen molar-refractivity contribution in [1.29, 1.82) is 0 Å². The lowest BCUT2D eigenvalue weighted by Gasteiger charge is -1.90. The average molecular weight is 192 g/mol. The molecule has 0 aromatic carbocycles. The number of aryl methyl sites for hydroxylation is 1. The van der Waals surface area contributed by atoms with Gasteiger partial charge in [-0.25, -0.2) is 9.78 Å². The molecule has 0 aliphatic carbocycles. The van der Waals surface area contributed by atoms with Gasteiger partial charge in [0.2, 0.25) is 0 Å². The van der Waals surface area contributed by atoms with Crippen molar-refractivity contribution in [3.8, 4) is 11.8 Å². The number of hydrogen-bond acceptors (Lipinski definition) is 3. The van der Waals surface area contributed by atoms with Crippen molar-refractivity contribution in [2.45, 2.75) is 20.4 Å². The molecule has 0 radical (unpaired) electrons. The number of aromatic nitrogens is 2. The number of hydrogen-bond donors (Lipinski definition) is 0. The van der Waals surface area contributed by atoms with Crippen molar-refractivity contribution in [1.82, 2.24) is 9.55 Å². The molecule has 0 amide bonds. The van der Waals surface area contributed by atoms with E-state index in [4.69, 9.17) is 0 Å². The lowest BCUT2D eigenvalue weighted by atomic mass is 10.4. The van der Waals surface area contributed by atoms with E-state index in [1.807, 2.05) is 11.5 Å².